The maximum absolute atomic E-state index is 12.8. The summed E-state index contributed by atoms with van der Waals surface area (Å²) >= 11 is 0. The van der Waals surface area contributed by atoms with Gasteiger partial charge in [0.2, 0.25) is 5.91 Å². The Kier molecular flexibility index (Phi) is 4.86. The Bertz CT molecular complexity index is 684. The minimum Gasteiger partial charge on any atom is -0.497 e. The van der Waals surface area contributed by atoms with Crippen LogP contribution in [0.3, 0.4) is 0 Å². The van der Waals surface area contributed by atoms with Gasteiger partial charge < -0.3 is 14.7 Å². The van der Waals surface area contributed by atoms with Gasteiger partial charge in [-0.2, -0.15) is 0 Å². The number of carbonyl (C=O) groups is 1. The first-order valence-electron chi connectivity index (χ1n) is 8.22. The molecule has 0 bridgehead atoms. The van der Waals surface area contributed by atoms with Gasteiger partial charge in [0.1, 0.15) is 5.75 Å². The van der Waals surface area contributed by atoms with Crippen molar-refractivity contribution in [1.82, 2.24) is 4.90 Å². The lowest BCUT2D eigenvalue weighted by Crippen LogP contribution is -2.34. The summed E-state index contributed by atoms with van der Waals surface area (Å²) in [5.74, 6) is 1.18. The van der Waals surface area contributed by atoms with Gasteiger partial charge in [0, 0.05) is 13.0 Å². The molecule has 24 heavy (non-hydrogen) atoms. The van der Waals surface area contributed by atoms with Crippen LogP contribution in [0.2, 0.25) is 0 Å². The predicted octanol–water partition coefficient (Wildman–Crippen LogP) is 2.99. The van der Waals surface area contributed by atoms with Gasteiger partial charge in [-0.05, 0) is 35.6 Å². The SMILES string of the molecule is COc1ccc(C(CO)N(C)C(=O)C2CC2c2ccccc2)cc1. The molecule has 0 heterocycles. The van der Waals surface area contributed by atoms with Crippen LogP contribution in [-0.4, -0.2) is 36.7 Å². The quantitative estimate of drug-likeness (QED) is 0.888. The number of likely N-dealkylation sites (N-methyl/N-ethyl adjacent to an activating group) is 1. The minimum atomic E-state index is -0.333. The lowest BCUT2D eigenvalue weighted by Gasteiger charge is -2.27. The van der Waals surface area contributed by atoms with Crippen molar-refractivity contribution < 1.29 is 14.6 Å². The van der Waals surface area contributed by atoms with E-state index in [1.54, 1.807) is 19.1 Å². The molecule has 1 aliphatic carbocycles. The minimum absolute atomic E-state index is 0.0182. The Balaban J connectivity index is 1.70. The van der Waals surface area contributed by atoms with E-state index in [1.165, 1.54) is 5.56 Å². The van der Waals surface area contributed by atoms with Crippen molar-refractivity contribution in [2.24, 2.45) is 5.92 Å². The average Bonchev–Trinajstić information content (AvgIpc) is 3.43. The molecule has 3 rings (SSSR count). The molecule has 1 fully saturated rings. The highest BCUT2D eigenvalue weighted by Crippen LogP contribution is 2.48. The second kappa shape index (κ2) is 7.05. The summed E-state index contributed by atoms with van der Waals surface area (Å²) in [6.07, 6.45) is 0.883. The molecule has 3 unspecified atom stereocenters. The van der Waals surface area contributed by atoms with Gasteiger partial charge in [0.25, 0.3) is 0 Å². The number of nitrogens with zero attached hydrogens (tertiary/aromatic N) is 1. The average molecular weight is 325 g/mol. The zero-order chi connectivity index (χ0) is 17.1. The molecule has 126 valence electrons. The lowest BCUT2D eigenvalue weighted by molar-refractivity contribution is -0.134. The van der Waals surface area contributed by atoms with Gasteiger partial charge in [-0.15, -0.1) is 0 Å². The summed E-state index contributed by atoms with van der Waals surface area (Å²) in [6.45, 7) is -0.0999. The van der Waals surface area contributed by atoms with Gasteiger partial charge in [-0.3, -0.25) is 4.79 Å². The molecular formula is C20H23NO3. The van der Waals surface area contributed by atoms with Crippen molar-refractivity contribution in [2.45, 2.75) is 18.4 Å². The summed E-state index contributed by atoms with van der Waals surface area (Å²) in [5, 5.41) is 9.79. The van der Waals surface area contributed by atoms with E-state index in [2.05, 4.69) is 12.1 Å². The third-order valence-corrected chi connectivity index (χ3v) is 4.82. The molecule has 0 aliphatic heterocycles. The third-order valence-electron chi connectivity index (χ3n) is 4.82. The summed E-state index contributed by atoms with van der Waals surface area (Å²) in [4.78, 5) is 14.5. The standard InChI is InChI=1S/C20H23NO3/c1-21(19(13-22)15-8-10-16(24-2)11-9-15)20(23)18-12-17(18)14-6-4-3-5-7-14/h3-11,17-19,22H,12-13H2,1-2H3. The first-order valence-corrected chi connectivity index (χ1v) is 8.22. The van der Waals surface area contributed by atoms with Crippen molar-refractivity contribution in [3.8, 4) is 5.75 Å². The Morgan fingerprint density at radius 1 is 1.21 bits per heavy atom. The van der Waals surface area contributed by atoms with Crippen LogP contribution in [0.15, 0.2) is 54.6 Å². The number of carbonyl (C=O) groups excluding carboxylic acids is 1. The Labute approximate surface area is 142 Å². The molecule has 2 aromatic rings. The first kappa shape index (κ1) is 16.5. The molecule has 0 radical (unpaired) electrons. The maximum Gasteiger partial charge on any atom is 0.226 e. The number of hydrogen-bond donors (Lipinski definition) is 1. The summed E-state index contributed by atoms with van der Waals surface area (Å²) < 4.78 is 5.16. The van der Waals surface area contributed by atoms with Crippen molar-refractivity contribution in [2.75, 3.05) is 20.8 Å². The Morgan fingerprint density at radius 2 is 1.88 bits per heavy atom. The van der Waals surface area contributed by atoms with Crippen molar-refractivity contribution in [1.29, 1.82) is 0 Å². The van der Waals surface area contributed by atoms with E-state index in [1.807, 2.05) is 42.5 Å². The summed E-state index contributed by atoms with van der Waals surface area (Å²) in [5.41, 5.74) is 2.13. The highest BCUT2D eigenvalue weighted by Gasteiger charge is 2.46. The van der Waals surface area contributed by atoms with Crippen molar-refractivity contribution in [3.63, 3.8) is 0 Å². The van der Waals surface area contributed by atoms with Crippen LogP contribution in [0, 0.1) is 5.92 Å². The molecule has 0 saturated heterocycles. The van der Waals surface area contributed by atoms with E-state index in [0.717, 1.165) is 17.7 Å². The molecular weight excluding hydrogens is 302 g/mol. The van der Waals surface area contributed by atoms with Gasteiger partial charge in [0.05, 0.1) is 19.8 Å². The molecule has 1 N–H and O–H groups in total. The topological polar surface area (TPSA) is 49.8 Å². The smallest absolute Gasteiger partial charge is 0.226 e. The van der Waals surface area contributed by atoms with Gasteiger partial charge in [-0.25, -0.2) is 0 Å². The monoisotopic (exact) mass is 325 g/mol. The Morgan fingerprint density at radius 3 is 2.46 bits per heavy atom. The van der Waals surface area contributed by atoms with Gasteiger partial charge >= 0.3 is 0 Å². The van der Waals surface area contributed by atoms with E-state index in [0.29, 0.717) is 5.92 Å². The van der Waals surface area contributed by atoms with E-state index in [4.69, 9.17) is 4.74 Å². The van der Waals surface area contributed by atoms with E-state index in [-0.39, 0.29) is 24.5 Å². The van der Waals surface area contributed by atoms with Crippen LogP contribution in [0.4, 0.5) is 0 Å². The molecule has 0 spiro atoms. The molecule has 4 heteroatoms. The summed E-state index contributed by atoms with van der Waals surface area (Å²) in [7, 11) is 3.39. The number of benzene rings is 2. The van der Waals surface area contributed by atoms with E-state index in [9.17, 15) is 9.90 Å². The normalized spacial score (nSPS) is 20.3. The first-order chi connectivity index (χ1) is 11.7. The Hall–Kier alpha value is -2.33. The molecule has 1 amide bonds. The highest BCUT2D eigenvalue weighted by molar-refractivity contribution is 5.83. The molecule has 2 aromatic carbocycles. The van der Waals surface area contributed by atoms with Gasteiger partial charge in [0.15, 0.2) is 0 Å². The zero-order valence-corrected chi connectivity index (χ0v) is 14.1. The third kappa shape index (κ3) is 3.29. The zero-order valence-electron chi connectivity index (χ0n) is 14.1. The number of rotatable bonds is 6. The van der Waals surface area contributed by atoms with Crippen molar-refractivity contribution in [3.05, 3.63) is 65.7 Å². The highest BCUT2D eigenvalue weighted by atomic mass is 16.5. The van der Waals surface area contributed by atoms with Crippen LogP contribution < -0.4 is 4.74 Å². The van der Waals surface area contributed by atoms with Crippen LogP contribution >= 0.6 is 0 Å². The van der Waals surface area contributed by atoms with Crippen LogP contribution in [0.5, 0.6) is 5.75 Å². The van der Waals surface area contributed by atoms with Crippen LogP contribution in [-0.2, 0) is 4.79 Å². The van der Waals surface area contributed by atoms with E-state index >= 15 is 0 Å². The fourth-order valence-electron chi connectivity index (χ4n) is 3.23. The largest absolute Gasteiger partial charge is 0.497 e. The fraction of sp³-hybridized carbons (Fsp3) is 0.350. The van der Waals surface area contributed by atoms with E-state index < -0.39 is 0 Å². The van der Waals surface area contributed by atoms with Crippen LogP contribution in [0.25, 0.3) is 0 Å². The van der Waals surface area contributed by atoms with Gasteiger partial charge in [-0.1, -0.05) is 42.5 Å². The number of methoxy groups -OCH3 is 1. The molecule has 1 aliphatic rings. The molecule has 0 aromatic heterocycles. The fourth-order valence-corrected chi connectivity index (χ4v) is 3.23. The maximum atomic E-state index is 12.8. The number of hydrogen-bond acceptors (Lipinski definition) is 3. The number of aliphatic hydroxyl groups is 1. The predicted molar refractivity (Wildman–Crippen MR) is 92.9 cm³/mol. The second-order valence-corrected chi connectivity index (χ2v) is 6.28. The number of aliphatic hydroxyl groups excluding tert-OH is 1. The summed E-state index contributed by atoms with van der Waals surface area (Å²) in [6, 6.07) is 17.3. The lowest BCUT2D eigenvalue weighted by atomic mass is 10.0. The second-order valence-electron chi connectivity index (χ2n) is 6.28. The van der Waals surface area contributed by atoms with Crippen LogP contribution in [0.1, 0.15) is 29.5 Å². The number of amides is 1. The van der Waals surface area contributed by atoms with Crippen molar-refractivity contribution >= 4 is 5.91 Å². The molecule has 3 atom stereocenters. The number of ether oxygens (including phenoxy) is 1. The molecule has 4 nitrogen and oxygen atoms in total. The molecule has 1 saturated carbocycles.